The topological polar surface area (TPSA) is 82.3 Å². The summed E-state index contributed by atoms with van der Waals surface area (Å²) in [7, 11) is 1.68. The quantitative estimate of drug-likeness (QED) is 0.751. The van der Waals surface area contributed by atoms with E-state index in [9.17, 15) is 0 Å². The van der Waals surface area contributed by atoms with Crippen LogP contribution in [0.3, 0.4) is 0 Å². The van der Waals surface area contributed by atoms with Gasteiger partial charge in [0.05, 0.1) is 18.8 Å². The minimum atomic E-state index is 0.0236. The van der Waals surface area contributed by atoms with Crippen molar-refractivity contribution >= 4 is 11.5 Å². The van der Waals surface area contributed by atoms with Crippen LogP contribution in [-0.2, 0) is 4.74 Å². The molecular weight excluding hydrogens is 244 g/mol. The van der Waals surface area contributed by atoms with Crippen LogP contribution in [0.5, 0.6) is 5.88 Å². The molecule has 0 aliphatic carbocycles. The highest BCUT2D eigenvalue weighted by Gasteiger charge is 2.14. The largest absolute Gasteiger partial charge is 0.473 e. The zero-order valence-electron chi connectivity index (χ0n) is 12.1. The van der Waals surface area contributed by atoms with Crippen LogP contribution in [0.15, 0.2) is 6.33 Å². The Labute approximate surface area is 114 Å². The third-order valence-corrected chi connectivity index (χ3v) is 2.54. The Morgan fingerprint density at radius 1 is 1.37 bits per heavy atom. The fourth-order valence-electron chi connectivity index (χ4n) is 1.75. The van der Waals surface area contributed by atoms with Crippen molar-refractivity contribution in [2.45, 2.75) is 45.8 Å². The van der Waals surface area contributed by atoms with Crippen LogP contribution in [0.25, 0.3) is 0 Å². The predicted octanol–water partition coefficient (Wildman–Crippen LogP) is 2.07. The lowest BCUT2D eigenvalue weighted by molar-refractivity contribution is 0.182. The van der Waals surface area contributed by atoms with Crippen molar-refractivity contribution in [2.24, 2.45) is 0 Å². The number of hydrogen-bond acceptors (Lipinski definition) is 6. The number of anilines is 2. The molecule has 108 valence electrons. The first-order chi connectivity index (χ1) is 9.08. The monoisotopic (exact) mass is 268 g/mol. The van der Waals surface area contributed by atoms with E-state index in [0.717, 1.165) is 12.8 Å². The number of nitrogens with zero attached hydrogens (tertiary/aromatic N) is 2. The number of aromatic nitrogens is 2. The van der Waals surface area contributed by atoms with Gasteiger partial charge in [0.25, 0.3) is 0 Å². The molecule has 0 fully saturated rings. The molecule has 1 unspecified atom stereocenters. The number of nitrogens with one attached hydrogen (secondary N) is 1. The van der Waals surface area contributed by atoms with Gasteiger partial charge in [-0.1, -0.05) is 13.3 Å². The van der Waals surface area contributed by atoms with Crippen LogP contribution in [-0.4, -0.2) is 35.8 Å². The second-order valence-electron chi connectivity index (χ2n) is 4.69. The number of nitrogens with two attached hydrogens (primary N) is 1. The first-order valence-corrected chi connectivity index (χ1v) is 6.61. The van der Waals surface area contributed by atoms with Crippen molar-refractivity contribution in [3.63, 3.8) is 0 Å². The van der Waals surface area contributed by atoms with Crippen molar-refractivity contribution in [3.8, 4) is 5.88 Å². The number of nitrogen functional groups attached to an aromatic ring is 1. The highest BCUT2D eigenvalue weighted by atomic mass is 16.5. The van der Waals surface area contributed by atoms with Gasteiger partial charge >= 0.3 is 0 Å². The maximum absolute atomic E-state index is 6.02. The van der Waals surface area contributed by atoms with Gasteiger partial charge in [0, 0.05) is 7.11 Å². The first-order valence-electron chi connectivity index (χ1n) is 6.61. The Morgan fingerprint density at radius 3 is 2.68 bits per heavy atom. The first kappa shape index (κ1) is 15.5. The van der Waals surface area contributed by atoms with Gasteiger partial charge in [-0.05, 0) is 20.3 Å². The summed E-state index contributed by atoms with van der Waals surface area (Å²) in [6.07, 6.45) is 3.51. The zero-order chi connectivity index (χ0) is 14.3. The van der Waals surface area contributed by atoms with Crippen molar-refractivity contribution in [1.29, 1.82) is 0 Å². The van der Waals surface area contributed by atoms with Crippen molar-refractivity contribution in [3.05, 3.63) is 6.33 Å². The molecule has 19 heavy (non-hydrogen) atoms. The van der Waals surface area contributed by atoms with Crippen LogP contribution in [0.4, 0.5) is 11.5 Å². The van der Waals surface area contributed by atoms with Gasteiger partial charge in [-0.2, -0.15) is 4.98 Å². The number of rotatable bonds is 8. The van der Waals surface area contributed by atoms with E-state index >= 15 is 0 Å². The van der Waals surface area contributed by atoms with E-state index in [1.54, 1.807) is 7.11 Å². The third kappa shape index (κ3) is 4.90. The van der Waals surface area contributed by atoms with Gasteiger partial charge in [-0.15, -0.1) is 0 Å². The summed E-state index contributed by atoms with van der Waals surface area (Å²) in [5.74, 6) is 1.02. The van der Waals surface area contributed by atoms with E-state index in [1.165, 1.54) is 6.33 Å². The highest BCUT2D eigenvalue weighted by molar-refractivity contribution is 5.66. The zero-order valence-corrected chi connectivity index (χ0v) is 12.1. The maximum Gasteiger partial charge on any atom is 0.242 e. The highest BCUT2D eigenvalue weighted by Crippen LogP contribution is 2.26. The molecule has 6 heteroatoms. The molecule has 0 saturated heterocycles. The molecule has 0 aliphatic heterocycles. The molecule has 6 nitrogen and oxygen atoms in total. The summed E-state index contributed by atoms with van der Waals surface area (Å²) >= 11 is 0. The Morgan fingerprint density at radius 2 is 2.11 bits per heavy atom. The Balaban J connectivity index is 2.81. The van der Waals surface area contributed by atoms with Gasteiger partial charge in [-0.3, -0.25) is 0 Å². The van der Waals surface area contributed by atoms with E-state index in [2.05, 4.69) is 22.2 Å². The second kappa shape index (κ2) is 7.78. The van der Waals surface area contributed by atoms with Crippen molar-refractivity contribution in [1.82, 2.24) is 9.97 Å². The van der Waals surface area contributed by atoms with Gasteiger partial charge in [0.1, 0.15) is 12.0 Å². The van der Waals surface area contributed by atoms with Crippen molar-refractivity contribution in [2.75, 3.05) is 24.8 Å². The van der Waals surface area contributed by atoms with E-state index in [1.807, 2.05) is 13.8 Å². The lowest BCUT2D eigenvalue weighted by atomic mass is 10.2. The van der Waals surface area contributed by atoms with Gasteiger partial charge < -0.3 is 20.5 Å². The normalized spacial score (nSPS) is 12.5. The van der Waals surface area contributed by atoms with Crippen molar-refractivity contribution < 1.29 is 9.47 Å². The molecule has 0 saturated carbocycles. The maximum atomic E-state index is 6.02. The average molecular weight is 268 g/mol. The second-order valence-corrected chi connectivity index (χ2v) is 4.69. The summed E-state index contributed by atoms with van der Waals surface area (Å²) < 4.78 is 10.7. The molecule has 1 aromatic heterocycles. The molecule has 0 radical (unpaired) electrons. The Kier molecular flexibility index (Phi) is 6.35. The van der Waals surface area contributed by atoms with Crippen LogP contribution in [0, 0.1) is 0 Å². The van der Waals surface area contributed by atoms with E-state index in [4.69, 9.17) is 15.2 Å². The molecule has 1 atom stereocenters. The molecule has 1 heterocycles. The number of hydrogen-bond donors (Lipinski definition) is 2. The van der Waals surface area contributed by atoms with Crippen LogP contribution < -0.4 is 15.8 Å². The molecule has 0 aromatic carbocycles. The number of methoxy groups -OCH3 is 1. The minimum Gasteiger partial charge on any atom is -0.473 e. The predicted molar refractivity (Wildman–Crippen MR) is 76.4 cm³/mol. The Hall–Kier alpha value is -1.56. The molecule has 0 bridgehead atoms. The van der Waals surface area contributed by atoms with Gasteiger partial charge in [0.15, 0.2) is 5.82 Å². The molecule has 3 N–H and O–H groups in total. The van der Waals surface area contributed by atoms with Gasteiger partial charge in [0.2, 0.25) is 5.88 Å². The van der Waals surface area contributed by atoms with E-state index < -0.39 is 0 Å². The van der Waals surface area contributed by atoms with Gasteiger partial charge in [-0.25, -0.2) is 4.98 Å². The lowest BCUT2D eigenvalue weighted by Crippen LogP contribution is -2.26. The molecular formula is C13H24N4O2. The summed E-state index contributed by atoms with van der Waals surface area (Å²) in [6.45, 7) is 6.59. The average Bonchev–Trinajstić information content (AvgIpc) is 2.34. The van der Waals surface area contributed by atoms with Crippen LogP contribution in [0.2, 0.25) is 0 Å². The van der Waals surface area contributed by atoms with E-state index in [-0.39, 0.29) is 12.1 Å². The molecule has 1 rings (SSSR count). The number of ether oxygens (including phenoxy) is 2. The molecule has 0 aliphatic rings. The lowest BCUT2D eigenvalue weighted by Gasteiger charge is -2.19. The molecule has 0 spiro atoms. The smallest absolute Gasteiger partial charge is 0.242 e. The standard InChI is InChI=1S/C13H24N4O2/c1-5-6-10(7-18-4)17-12-11(14)13(16-8-15-12)19-9(2)3/h8-10H,5-7,14H2,1-4H3,(H,15,16,17). The fraction of sp³-hybridized carbons (Fsp3) is 0.692. The summed E-state index contributed by atoms with van der Waals surface area (Å²) in [6, 6.07) is 0.180. The molecule has 1 aromatic rings. The molecule has 0 amide bonds. The van der Waals surface area contributed by atoms with Crippen LogP contribution >= 0.6 is 0 Å². The SMILES string of the molecule is CCCC(COC)Nc1ncnc(OC(C)C)c1N. The fourth-order valence-corrected chi connectivity index (χ4v) is 1.75. The van der Waals surface area contributed by atoms with Crippen LogP contribution in [0.1, 0.15) is 33.6 Å². The third-order valence-electron chi connectivity index (χ3n) is 2.54. The Bertz CT molecular complexity index is 379. The van der Waals surface area contributed by atoms with E-state index in [0.29, 0.717) is 24.0 Å². The summed E-state index contributed by atoms with van der Waals surface area (Å²) in [5.41, 5.74) is 6.46. The minimum absolute atomic E-state index is 0.0236. The summed E-state index contributed by atoms with van der Waals surface area (Å²) in [4.78, 5) is 8.22. The summed E-state index contributed by atoms with van der Waals surface area (Å²) in [5, 5.41) is 3.28.